The van der Waals surface area contributed by atoms with E-state index in [-0.39, 0.29) is 11.3 Å². The molecule has 0 saturated carbocycles. The van der Waals surface area contributed by atoms with Gasteiger partial charge in [0, 0.05) is 12.3 Å². The van der Waals surface area contributed by atoms with E-state index in [9.17, 15) is 22.0 Å². The molecule has 2 aromatic rings. The number of H-pyrrole nitrogens is 1. The minimum absolute atomic E-state index is 0.0326. The van der Waals surface area contributed by atoms with E-state index in [1.165, 1.54) is 6.92 Å². The van der Waals surface area contributed by atoms with E-state index in [0.29, 0.717) is 6.07 Å². The summed E-state index contributed by atoms with van der Waals surface area (Å²) in [7, 11) is -4.23. The van der Waals surface area contributed by atoms with Crippen LogP contribution in [0.25, 0.3) is 0 Å². The predicted molar refractivity (Wildman–Crippen MR) is 69.7 cm³/mol. The van der Waals surface area contributed by atoms with E-state index in [4.69, 9.17) is 5.11 Å². The van der Waals surface area contributed by atoms with E-state index >= 15 is 0 Å². The topological polar surface area (TPSA) is 99.3 Å². The number of aromatic carboxylic acids is 1. The molecule has 0 aliphatic carbocycles. The minimum atomic E-state index is -4.23. The molecule has 0 spiro atoms. The highest BCUT2D eigenvalue weighted by Gasteiger charge is 2.20. The van der Waals surface area contributed by atoms with Gasteiger partial charge < -0.3 is 10.1 Å². The third-order valence-electron chi connectivity index (χ3n) is 2.69. The van der Waals surface area contributed by atoms with Crippen LogP contribution in [-0.4, -0.2) is 24.5 Å². The van der Waals surface area contributed by atoms with Gasteiger partial charge >= 0.3 is 5.97 Å². The number of hydrogen-bond donors (Lipinski definition) is 3. The number of rotatable bonds is 4. The number of aromatic amines is 1. The first kappa shape index (κ1) is 15.0. The molecule has 0 aliphatic heterocycles. The summed E-state index contributed by atoms with van der Waals surface area (Å²) >= 11 is 0. The van der Waals surface area contributed by atoms with Gasteiger partial charge in [-0.3, -0.25) is 4.72 Å². The summed E-state index contributed by atoms with van der Waals surface area (Å²) in [5, 5.41) is 8.71. The van der Waals surface area contributed by atoms with E-state index in [1.54, 1.807) is 0 Å². The minimum Gasteiger partial charge on any atom is -0.477 e. The van der Waals surface area contributed by atoms with E-state index < -0.39 is 38.2 Å². The molecule has 0 atom stereocenters. The number of carboxylic acid groups (broad SMARTS) is 1. The molecule has 2 rings (SSSR count). The maximum absolute atomic E-state index is 13.6. The lowest BCUT2D eigenvalue weighted by Gasteiger charge is -2.08. The number of nitrogens with one attached hydrogen (secondary N) is 2. The van der Waals surface area contributed by atoms with E-state index in [1.807, 2.05) is 4.72 Å². The number of benzene rings is 1. The summed E-state index contributed by atoms with van der Waals surface area (Å²) in [6.07, 6.45) is 0.939. The van der Waals surface area contributed by atoms with Crippen LogP contribution >= 0.6 is 0 Å². The van der Waals surface area contributed by atoms with Crippen LogP contribution in [-0.2, 0) is 10.0 Å². The lowest BCUT2D eigenvalue weighted by atomic mass is 10.2. The Morgan fingerprint density at radius 3 is 2.48 bits per heavy atom. The highest BCUT2D eigenvalue weighted by Crippen LogP contribution is 2.22. The quantitative estimate of drug-likeness (QED) is 0.804. The molecule has 0 fully saturated rings. The Bertz CT molecular complexity index is 815. The van der Waals surface area contributed by atoms with Crippen molar-refractivity contribution in [1.82, 2.24) is 4.98 Å². The third kappa shape index (κ3) is 3.02. The van der Waals surface area contributed by atoms with Crippen LogP contribution in [0, 0.1) is 18.6 Å². The highest BCUT2D eigenvalue weighted by molar-refractivity contribution is 7.92. The smallest absolute Gasteiger partial charge is 0.352 e. The number of anilines is 1. The second-order valence-corrected chi connectivity index (χ2v) is 5.92. The van der Waals surface area contributed by atoms with Gasteiger partial charge in [-0.25, -0.2) is 22.0 Å². The van der Waals surface area contributed by atoms with E-state index in [2.05, 4.69) is 4.98 Å². The van der Waals surface area contributed by atoms with Crippen molar-refractivity contribution in [2.45, 2.75) is 11.8 Å². The maximum Gasteiger partial charge on any atom is 0.352 e. The van der Waals surface area contributed by atoms with Gasteiger partial charge in [-0.1, -0.05) is 0 Å². The summed E-state index contributed by atoms with van der Waals surface area (Å²) in [5.74, 6) is -3.05. The molecule has 1 aromatic carbocycles. The number of aryl methyl sites for hydroxylation is 1. The van der Waals surface area contributed by atoms with Crippen LogP contribution in [0.2, 0.25) is 0 Å². The Labute approximate surface area is 118 Å². The lowest BCUT2D eigenvalue weighted by molar-refractivity contribution is 0.0691. The summed E-state index contributed by atoms with van der Waals surface area (Å²) in [4.78, 5) is 12.5. The van der Waals surface area contributed by atoms with Crippen molar-refractivity contribution in [2.75, 3.05) is 4.72 Å². The summed E-state index contributed by atoms with van der Waals surface area (Å²) in [6.45, 7) is 1.34. The SMILES string of the molecule is Cc1cc(F)c(NS(=O)(=O)c2c[nH]c(C(=O)O)c2)cc1F. The summed E-state index contributed by atoms with van der Waals surface area (Å²) in [5.41, 5.74) is -0.868. The molecule has 0 amide bonds. The molecule has 0 unspecified atom stereocenters. The molecular formula is C12H10F2N2O4S. The Hall–Kier alpha value is -2.42. The number of sulfonamides is 1. The van der Waals surface area contributed by atoms with Gasteiger partial charge in [-0.15, -0.1) is 0 Å². The molecule has 3 N–H and O–H groups in total. The van der Waals surface area contributed by atoms with Crippen molar-refractivity contribution >= 4 is 21.7 Å². The molecule has 1 heterocycles. The highest BCUT2D eigenvalue weighted by atomic mass is 32.2. The number of carboxylic acids is 1. The Morgan fingerprint density at radius 1 is 1.24 bits per heavy atom. The molecule has 112 valence electrons. The van der Waals surface area contributed by atoms with Crippen LogP contribution in [0.15, 0.2) is 29.3 Å². The molecule has 1 aromatic heterocycles. The van der Waals surface area contributed by atoms with Gasteiger partial charge in [0.05, 0.1) is 5.69 Å². The van der Waals surface area contributed by atoms with Gasteiger partial charge in [0.1, 0.15) is 22.2 Å². The second-order valence-electron chi connectivity index (χ2n) is 4.24. The predicted octanol–water partition coefficient (Wildman–Crippen LogP) is 2.10. The fourth-order valence-corrected chi connectivity index (χ4v) is 2.63. The van der Waals surface area contributed by atoms with Crippen molar-refractivity contribution in [3.05, 3.63) is 47.3 Å². The first-order valence-electron chi connectivity index (χ1n) is 5.61. The zero-order valence-corrected chi connectivity index (χ0v) is 11.5. The number of halogens is 2. The maximum atomic E-state index is 13.6. The summed E-state index contributed by atoms with van der Waals surface area (Å²) in [6, 6.07) is 2.44. The normalized spacial score (nSPS) is 11.4. The fraction of sp³-hybridized carbons (Fsp3) is 0.0833. The van der Waals surface area contributed by atoms with Crippen LogP contribution in [0.4, 0.5) is 14.5 Å². The molecule has 6 nitrogen and oxygen atoms in total. The first-order chi connectivity index (χ1) is 9.70. The lowest BCUT2D eigenvalue weighted by Crippen LogP contribution is -2.13. The van der Waals surface area contributed by atoms with Crippen molar-refractivity contribution in [3.63, 3.8) is 0 Å². The largest absolute Gasteiger partial charge is 0.477 e. The van der Waals surface area contributed by atoms with Crippen LogP contribution in [0.5, 0.6) is 0 Å². The third-order valence-corrected chi connectivity index (χ3v) is 4.03. The van der Waals surface area contributed by atoms with Crippen molar-refractivity contribution in [1.29, 1.82) is 0 Å². The molecule has 0 bridgehead atoms. The van der Waals surface area contributed by atoms with Gasteiger partial charge in [0.25, 0.3) is 10.0 Å². The van der Waals surface area contributed by atoms with Crippen molar-refractivity contribution in [3.8, 4) is 0 Å². The zero-order valence-electron chi connectivity index (χ0n) is 10.6. The van der Waals surface area contributed by atoms with E-state index in [0.717, 1.165) is 18.3 Å². The fourth-order valence-electron chi connectivity index (χ4n) is 1.58. The molecule has 0 saturated heterocycles. The van der Waals surface area contributed by atoms with Crippen molar-refractivity contribution in [2.24, 2.45) is 0 Å². The standard InChI is InChI=1S/C12H10F2N2O4S/c1-6-2-9(14)10(4-8(6)13)16-21(19,20)7-3-11(12(17)18)15-5-7/h2-5,15-16H,1H3,(H,17,18). The Balaban J connectivity index is 2.37. The average molecular weight is 316 g/mol. The second kappa shape index (κ2) is 5.17. The average Bonchev–Trinajstić information content (AvgIpc) is 2.86. The van der Waals surface area contributed by atoms with Gasteiger partial charge in [-0.05, 0) is 24.6 Å². The number of hydrogen-bond acceptors (Lipinski definition) is 3. The van der Waals surface area contributed by atoms with Gasteiger partial charge in [0.2, 0.25) is 0 Å². The number of carbonyl (C=O) groups is 1. The van der Waals surface area contributed by atoms with Crippen molar-refractivity contribution < 1.29 is 27.1 Å². The Morgan fingerprint density at radius 2 is 1.90 bits per heavy atom. The van der Waals surface area contributed by atoms with Gasteiger partial charge in [0.15, 0.2) is 0 Å². The molecular weight excluding hydrogens is 306 g/mol. The number of aromatic nitrogens is 1. The molecule has 0 aliphatic rings. The Kier molecular flexibility index (Phi) is 3.69. The van der Waals surface area contributed by atoms with Crippen LogP contribution in [0.3, 0.4) is 0 Å². The molecule has 21 heavy (non-hydrogen) atoms. The van der Waals surface area contributed by atoms with Gasteiger partial charge in [-0.2, -0.15) is 0 Å². The monoisotopic (exact) mass is 316 g/mol. The summed E-state index contributed by atoms with van der Waals surface area (Å²) < 4.78 is 52.8. The van der Waals surface area contributed by atoms with Crippen LogP contribution < -0.4 is 4.72 Å². The zero-order chi connectivity index (χ0) is 15.8. The molecule has 0 radical (unpaired) electrons. The molecule has 9 heteroatoms. The first-order valence-corrected chi connectivity index (χ1v) is 7.09. The van der Waals surface area contributed by atoms with Crippen LogP contribution in [0.1, 0.15) is 16.1 Å².